The fourth-order valence-electron chi connectivity index (χ4n) is 4.11. The maximum absolute atomic E-state index is 12.1. The van der Waals surface area contributed by atoms with Crippen LogP contribution in [0.3, 0.4) is 0 Å². The molecular weight excluding hydrogens is 546 g/mol. The molecule has 41 heavy (non-hydrogen) atoms. The molecule has 0 unspecified atom stereocenters. The quantitative estimate of drug-likeness (QED) is 0.0829. The predicted octanol–water partition coefficient (Wildman–Crippen LogP) is 1.15. The molecule has 1 saturated carbocycles. The molecule has 1 heterocycles. The molecule has 0 radical (unpaired) electrons. The van der Waals surface area contributed by atoms with E-state index in [9.17, 15) is 38.4 Å². The Balaban J connectivity index is 1.55. The second-order valence-electron chi connectivity index (χ2n) is 11.4. The monoisotopic (exact) mass is 583 g/mol. The number of carbonyl (C=O) groups excluding carboxylic acids is 8. The zero-order valence-electron chi connectivity index (χ0n) is 23.8. The Hall–Kier alpha value is -3.68. The molecule has 14 heteroatoms. The number of rotatable bonds is 16. The second kappa shape index (κ2) is 14.8. The molecule has 0 atom stereocenters. The van der Waals surface area contributed by atoms with Crippen molar-refractivity contribution in [2.45, 2.75) is 85.2 Å². The van der Waals surface area contributed by atoms with Crippen molar-refractivity contribution in [3.63, 3.8) is 0 Å². The first kappa shape index (κ1) is 33.5. The van der Waals surface area contributed by atoms with Crippen LogP contribution in [0.25, 0.3) is 0 Å². The van der Waals surface area contributed by atoms with Gasteiger partial charge in [-0.15, -0.1) is 5.06 Å². The lowest BCUT2D eigenvalue weighted by molar-refractivity contribution is -0.199. The number of esters is 3. The number of ketones is 2. The SMILES string of the molecule is CC(C)(CC(=O)OCCOCCOC(=O)CC(C)(C)CC(=O)ON1C(=O)CCC1=O)CC(=O)OC1C(=O)CCC1=O. The minimum absolute atomic E-state index is 0.0154. The van der Waals surface area contributed by atoms with Gasteiger partial charge in [0.05, 0.1) is 38.9 Å². The van der Waals surface area contributed by atoms with E-state index in [2.05, 4.69) is 0 Å². The summed E-state index contributed by atoms with van der Waals surface area (Å²) in [6, 6.07) is 0. The average molecular weight is 584 g/mol. The lowest BCUT2D eigenvalue weighted by Gasteiger charge is -2.23. The number of Topliss-reactive ketones (excluding diaryl/α,β-unsaturated/α-hetero) is 2. The number of nitrogens with zero attached hydrogens (tertiary/aromatic N) is 1. The van der Waals surface area contributed by atoms with Crippen LogP contribution in [0, 0.1) is 10.8 Å². The molecule has 0 N–H and O–H groups in total. The molecule has 1 aliphatic heterocycles. The molecule has 0 bridgehead atoms. The van der Waals surface area contributed by atoms with Crippen LogP contribution in [-0.2, 0) is 62.1 Å². The first-order valence-electron chi connectivity index (χ1n) is 13.3. The van der Waals surface area contributed by atoms with E-state index in [4.69, 9.17) is 23.8 Å². The summed E-state index contributed by atoms with van der Waals surface area (Å²) >= 11 is 0. The molecule has 1 saturated heterocycles. The highest BCUT2D eigenvalue weighted by Crippen LogP contribution is 2.28. The number of imide groups is 1. The Morgan fingerprint density at radius 1 is 0.634 bits per heavy atom. The summed E-state index contributed by atoms with van der Waals surface area (Å²) in [4.78, 5) is 99.6. The summed E-state index contributed by atoms with van der Waals surface area (Å²) in [5, 5.41) is 0.453. The Morgan fingerprint density at radius 3 is 1.51 bits per heavy atom. The topological polar surface area (TPSA) is 186 Å². The normalized spacial score (nSPS) is 16.2. The van der Waals surface area contributed by atoms with E-state index in [0.717, 1.165) is 0 Å². The molecular formula is C27H37NO13. The van der Waals surface area contributed by atoms with Crippen LogP contribution in [0.1, 0.15) is 79.1 Å². The summed E-state index contributed by atoms with van der Waals surface area (Å²) in [5.74, 6) is -4.75. The minimum atomic E-state index is -1.35. The molecule has 0 aromatic rings. The van der Waals surface area contributed by atoms with Gasteiger partial charge in [0.1, 0.15) is 13.2 Å². The number of ether oxygens (including phenoxy) is 4. The van der Waals surface area contributed by atoms with Crippen LogP contribution in [-0.4, -0.2) is 84.9 Å². The van der Waals surface area contributed by atoms with E-state index in [1.807, 2.05) is 0 Å². The number of hydroxylamine groups is 2. The van der Waals surface area contributed by atoms with Gasteiger partial charge in [0.2, 0.25) is 6.10 Å². The minimum Gasteiger partial charge on any atom is -0.463 e. The van der Waals surface area contributed by atoms with Crippen molar-refractivity contribution in [3.05, 3.63) is 0 Å². The first-order chi connectivity index (χ1) is 19.1. The van der Waals surface area contributed by atoms with Gasteiger partial charge in [-0.25, -0.2) is 4.79 Å². The zero-order chi connectivity index (χ0) is 30.8. The van der Waals surface area contributed by atoms with E-state index >= 15 is 0 Å². The van der Waals surface area contributed by atoms with E-state index < -0.39 is 64.2 Å². The maximum atomic E-state index is 12.1. The van der Waals surface area contributed by atoms with Gasteiger partial charge in [0.15, 0.2) is 11.6 Å². The van der Waals surface area contributed by atoms with Crippen LogP contribution >= 0.6 is 0 Å². The number of carbonyl (C=O) groups is 8. The highest BCUT2D eigenvalue weighted by Gasteiger charge is 2.38. The van der Waals surface area contributed by atoms with Gasteiger partial charge < -0.3 is 23.8 Å². The Kier molecular flexibility index (Phi) is 12.1. The fraction of sp³-hybridized carbons (Fsp3) is 0.704. The molecule has 0 aromatic carbocycles. The maximum Gasteiger partial charge on any atom is 0.333 e. The first-order valence-corrected chi connectivity index (χ1v) is 13.3. The zero-order valence-corrected chi connectivity index (χ0v) is 23.8. The number of hydrogen-bond acceptors (Lipinski definition) is 13. The van der Waals surface area contributed by atoms with Crippen LogP contribution < -0.4 is 0 Å². The number of hydrogen-bond donors (Lipinski definition) is 0. The smallest absolute Gasteiger partial charge is 0.333 e. The highest BCUT2D eigenvalue weighted by molar-refractivity contribution is 6.12. The molecule has 2 rings (SSSR count). The highest BCUT2D eigenvalue weighted by atomic mass is 16.7. The third-order valence-corrected chi connectivity index (χ3v) is 6.12. The van der Waals surface area contributed by atoms with Gasteiger partial charge >= 0.3 is 23.9 Å². The van der Waals surface area contributed by atoms with Crippen LogP contribution in [0.5, 0.6) is 0 Å². The van der Waals surface area contributed by atoms with Crippen molar-refractivity contribution in [1.29, 1.82) is 0 Å². The molecule has 0 spiro atoms. The van der Waals surface area contributed by atoms with Gasteiger partial charge in [-0.05, 0) is 10.8 Å². The van der Waals surface area contributed by atoms with Gasteiger partial charge in [-0.3, -0.25) is 33.6 Å². The van der Waals surface area contributed by atoms with Crippen molar-refractivity contribution in [2.24, 2.45) is 10.8 Å². The van der Waals surface area contributed by atoms with Crippen molar-refractivity contribution in [1.82, 2.24) is 5.06 Å². The number of amides is 2. The molecule has 2 aliphatic rings. The Bertz CT molecular complexity index is 947. The van der Waals surface area contributed by atoms with Gasteiger partial charge in [0.25, 0.3) is 11.8 Å². The molecule has 0 aromatic heterocycles. The molecule has 2 fully saturated rings. The second-order valence-corrected chi connectivity index (χ2v) is 11.4. The van der Waals surface area contributed by atoms with Gasteiger partial charge in [-0.2, -0.15) is 0 Å². The lowest BCUT2D eigenvalue weighted by Crippen LogP contribution is -2.34. The molecule has 14 nitrogen and oxygen atoms in total. The van der Waals surface area contributed by atoms with E-state index in [1.165, 1.54) is 0 Å². The molecule has 2 amide bonds. The molecule has 228 valence electrons. The van der Waals surface area contributed by atoms with Crippen molar-refractivity contribution < 1.29 is 62.1 Å². The van der Waals surface area contributed by atoms with Crippen molar-refractivity contribution in [2.75, 3.05) is 26.4 Å². The molecule has 1 aliphatic carbocycles. The summed E-state index contributed by atoms with van der Waals surface area (Å²) in [6.45, 7) is 6.48. The summed E-state index contributed by atoms with van der Waals surface area (Å²) in [7, 11) is 0. The summed E-state index contributed by atoms with van der Waals surface area (Å²) < 4.78 is 20.5. The third-order valence-electron chi connectivity index (χ3n) is 6.12. The summed E-state index contributed by atoms with van der Waals surface area (Å²) in [6.07, 6.45) is -1.91. The largest absolute Gasteiger partial charge is 0.463 e. The van der Waals surface area contributed by atoms with Crippen molar-refractivity contribution in [3.8, 4) is 0 Å². The summed E-state index contributed by atoms with van der Waals surface area (Å²) in [5.41, 5.74) is -1.69. The van der Waals surface area contributed by atoms with Crippen LogP contribution in [0.15, 0.2) is 0 Å². The van der Waals surface area contributed by atoms with E-state index in [-0.39, 0.29) is 77.8 Å². The van der Waals surface area contributed by atoms with Gasteiger partial charge in [0, 0.05) is 25.7 Å². The van der Waals surface area contributed by atoms with E-state index in [1.54, 1.807) is 27.7 Å². The Morgan fingerprint density at radius 2 is 1.05 bits per heavy atom. The van der Waals surface area contributed by atoms with Gasteiger partial charge in [-0.1, -0.05) is 27.7 Å². The average Bonchev–Trinajstić information content (AvgIpc) is 3.32. The van der Waals surface area contributed by atoms with Crippen LogP contribution in [0.4, 0.5) is 0 Å². The lowest BCUT2D eigenvalue weighted by atomic mass is 9.86. The van der Waals surface area contributed by atoms with Crippen molar-refractivity contribution >= 4 is 47.3 Å². The van der Waals surface area contributed by atoms with Crippen LogP contribution in [0.2, 0.25) is 0 Å². The Labute approximate surface area is 237 Å². The van der Waals surface area contributed by atoms with E-state index in [0.29, 0.717) is 5.06 Å². The predicted molar refractivity (Wildman–Crippen MR) is 135 cm³/mol. The fourth-order valence-corrected chi connectivity index (χ4v) is 4.11. The third kappa shape index (κ3) is 11.8. The standard InChI is InChI=1S/C27H37NO13/c1-26(2,15-23(35)40-25-17(29)5-6-18(25)30)13-21(33)38-11-9-37-10-12-39-22(34)14-27(3,4)16-24(36)41-28-19(31)7-8-20(28)32/h25H,5-16H2,1-4H3.